The van der Waals surface area contributed by atoms with Crippen LogP contribution >= 0.6 is 15.9 Å². The Bertz CT molecular complexity index is 581. The summed E-state index contributed by atoms with van der Waals surface area (Å²) in [7, 11) is 0. The monoisotopic (exact) mass is 329 g/mol. The Kier molecular flexibility index (Phi) is 4.27. The molecule has 0 bridgehead atoms. The van der Waals surface area contributed by atoms with E-state index in [1.54, 1.807) is 6.07 Å². The fraction of sp³-hybridized carbons (Fsp3) is 0.143. The van der Waals surface area contributed by atoms with Crippen LogP contribution in [0.15, 0.2) is 40.9 Å². The van der Waals surface area contributed by atoms with Gasteiger partial charge in [0.15, 0.2) is 0 Å². The Hall–Kier alpha value is -1.33. The lowest BCUT2D eigenvalue weighted by atomic mass is 9.98. The highest BCUT2D eigenvalue weighted by Gasteiger charge is 2.18. The summed E-state index contributed by atoms with van der Waals surface area (Å²) < 4.78 is 41.3. The van der Waals surface area contributed by atoms with E-state index < -0.39 is 23.5 Å². The molecule has 0 aliphatic carbocycles. The molecular formula is C14H11BrF3N. The fourth-order valence-electron chi connectivity index (χ4n) is 1.89. The minimum absolute atomic E-state index is 0.0248. The maximum atomic E-state index is 13.7. The lowest BCUT2D eigenvalue weighted by Crippen LogP contribution is -2.17. The van der Waals surface area contributed by atoms with Crippen LogP contribution < -0.4 is 5.73 Å². The zero-order valence-corrected chi connectivity index (χ0v) is 11.4. The van der Waals surface area contributed by atoms with Crippen LogP contribution in [0.3, 0.4) is 0 Å². The third-order valence-corrected chi connectivity index (χ3v) is 3.32. The van der Waals surface area contributed by atoms with Crippen molar-refractivity contribution in [3.8, 4) is 0 Å². The van der Waals surface area contributed by atoms with Gasteiger partial charge in [-0.3, -0.25) is 0 Å². The van der Waals surface area contributed by atoms with Gasteiger partial charge in [0.05, 0.1) is 0 Å². The van der Waals surface area contributed by atoms with Crippen LogP contribution in [0.1, 0.15) is 17.2 Å². The third kappa shape index (κ3) is 3.16. The Morgan fingerprint density at radius 2 is 1.63 bits per heavy atom. The van der Waals surface area contributed by atoms with E-state index in [4.69, 9.17) is 5.73 Å². The number of hydrogen-bond acceptors (Lipinski definition) is 1. The maximum absolute atomic E-state index is 13.7. The van der Waals surface area contributed by atoms with Gasteiger partial charge in [0.1, 0.15) is 17.5 Å². The van der Waals surface area contributed by atoms with Crippen molar-refractivity contribution in [3.05, 3.63) is 69.4 Å². The van der Waals surface area contributed by atoms with E-state index in [0.29, 0.717) is 10.0 Å². The second-order valence-electron chi connectivity index (χ2n) is 4.18. The van der Waals surface area contributed by atoms with Gasteiger partial charge in [0.2, 0.25) is 0 Å². The van der Waals surface area contributed by atoms with Gasteiger partial charge >= 0.3 is 0 Å². The molecule has 0 aliphatic rings. The Morgan fingerprint density at radius 1 is 1.00 bits per heavy atom. The molecule has 5 heteroatoms. The van der Waals surface area contributed by atoms with Crippen LogP contribution in [-0.4, -0.2) is 0 Å². The first-order valence-corrected chi connectivity index (χ1v) is 6.41. The van der Waals surface area contributed by atoms with Crippen LogP contribution in [0.4, 0.5) is 13.2 Å². The summed E-state index contributed by atoms with van der Waals surface area (Å²) in [5, 5.41) is 0. The van der Waals surface area contributed by atoms with Crippen LogP contribution in [0.2, 0.25) is 0 Å². The molecule has 1 atom stereocenters. The van der Waals surface area contributed by atoms with E-state index in [2.05, 4.69) is 15.9 Å². The molecule has 0 fully saturated rings. The molecule has 1 unspecified atom stereocenters. The van der Waals surface area contributed by atoms with Crippen molar-refractivity contribution >= 4 is 15.9 Å². The molecule has 2 rings (SSSR count). The molecule has 0 aliphatic heterocycles. The van der Waals surface area contributed by atoms with Crippen molar-refractivity contribution in [1.82, 2.24) is 0 Å². The number of halogens is 4. The molecule has 2 N–H and O–H groups in total. The van der Waals surface area contributed by atoms with Gasteiger partial charge in [-0.05, 0) is 36.2 Å². The highest BCUT2D eigenvalue weighted by Crippen LogP contribution is 2.24. The average molecular weight is 330 g/mol. The largest absolute Gasteiger partial charge is 0.323 e. The number of rotatable bonds is 3. The number of hydrogen-bond donors (Lipinski definition) is 1. The standard InChI is InChI=1S/C14H11BrF3N/c15-9-5-4-8(12(18)7-9)6-13(19)14-10(16)2-1-3-11(14)17/h1-5,7,13H,6,19H2. The van der Waals surface area contributed by atoms with Gasteiger partial charge in [-0.25, -0.2) is 13.2 Å². The quantitative estimate of drug-likeness (QED) is 0.901. The topological polar surface area (TPSA) is 26.0 Å². The van der Waals surface area contributed by atoms with Crippen molar-refractivity contribution in [3.63, 3.8) is 0 Å². The second-order valence-corrected chi connectivity index (χ2v) is 5.10. The van der Waals surface area contributed by atoms with Gasteiger partial charge in [0.25, 0.3) is 0 Å². The number of nitrogens with two attached hydrogens (primary N) is 1. The van der Waals surface area contributed by atoms with Crippen LogP contribution in [0.5, 0.6) is 0 Å². The molecule has 0 heterocycles. The second kappa shape index (κ2) is 5.75. The fourth-order valence-corrected chi connectivity index (χ4v) is 2.22. The van der Waals surface area contributed by atoms with Gasteiger partial charge in [0, 0.05) is 16.1 Å². The molecule has 0 saturated heterocycles. The molecule has 2 aromatic rings. The van der Waals surface area contributed by atoms with Crippen molar-refractivity contribution < 1.29 is 13.2 Å². The van der Waals surface area contributed by atoms with Crippen molar-refractivity contribution in [2.75, 3.05) is 0 Å². The summed E-state index contributed by atoms with van der Waals surface area (Å²) in [5.74, 6) is -1.89. The van der Waals surface area contributed by atoms with E-state index in [1.807, 2.05) is 0 Å². The zero-order valence-electron chi connectivity index (χ0n) is 9.84. The summed E-state index contributed by atoms with van der Waals surface area (Å²) in [6.45, 7) is 0. The molecule has 2 aromatic carbocycles. The van der Waals surface area contributed by atoms with Gasteiger partial charge in [-0.15, -0.1) is 0 Å². The Labute approximate surface area is 117 Å². The van der Waals surface area contributed by atoms with Crippen molar-refractivity contribution in [2.24, 2.45) is 5.73 Å². The Morgan fingerprint density at radius 3 is 2.21 bits per heavy atom. The molecule has 0 spiro atoms. The predicted octanol–water partition coefficient (Wildman–Crippen LogP) is 4.11. The summed E-state index contributed by atoms with van der Waals surface area (Å²) in [6, 6.07) is 7.09. The Balaban J connectivity index is 2.28. The molecule has 0 amide bonds. The number of benzene rings is 2. The SMILES string of the molecule is NC(Cc1ccc(Br)cc1F)c1c(F)cccc1F. The molecular weight excluding hydrogens is 319 g/mol. The molecule has 1 nitrogen and oxygen atoms in total. The third-order valence-electron chi connectivity index (χ3n) is 2.83. The lowest BCUT2D eigenvalue weighted by molar-refractivity contribution is 0.518. The first-order chi connectivity index (χ1) is 8.99. The van der Waals surface area contributed by atoms with Crippen molar-refractivity contribution in [2.45, 2.75) is 12.5 Å². The first kappa shape index (κ1) is 14.1. The van der Waals surface area contributed by atoms with Gasteiger partial charge in [-0.1, -0.05) is 28.1 Å². The normalized spacial score (nSPS) is 12.5. The van der Waals surface area contributed by atoms with Gasteiger partial charge in [-0.2, -0.15) is 0 Å². The van der Waals surface area contributed by atoms with E-state index in [9.17, 15) is 13.2 Å². The molecule has 0 saturated carbocycles. The minimum Gasteiger partial charge on any atom is -0.323 e. The first-order valence-electron chi connectivity index (χ1n) is 5.62. The van der Waals surface area contributed by atoms with E-state index >= 15 is 0 Å². The molecule has 100 valence electrons. The highest BCUT2D eigenvalue weighted by atomic mass is 79.9. The average Bonchev–Trinajstić information content (AvgIpc) is 2.32. The lowest BCUT2D eigenvalue weighted by Gasteiger charge is -2.14. The highest BCUT2D eigenvalue weighted by molar-refractivity contribution is 9.10. The summed E-state index contributed by atoms with van der Waals surface area (Å²) in [6.07, 6.45) is 0.0248. The van der Waals surface area contributed by atoms with E-state index in [-0.39, 0.29) is 12.0 Å². The van der Waals surface area contributed by atoms with Crippen LogP contribution in [-0.2, 0) is 6.42 Å². The summed E-state index contributed by atoms with van der Waals surface area (Å²) in [4.78, 5) is 0. The van der Waals surface area contributed by atoms with E-state index in [0.717, 1.165) is 12.1 Å². The predicted molar refractivity (Wildman–Crippen MR) is 71.1 cm³/mol. The summed E-state index contributed by atoms with van der Waals surface area (Å²) in [5.41, 5.74) is 5.88. The van der Waals surface area contributed by atoms with E-state index in [1.165, 1.54) is 18.2 Å². The smallest absolute Gasteiger partial charge is 0.130 e. The molecule has 19 heavy (non-hydrogen) atoms. The minimum atomic E-state index is -0.933. The van der Waals surface area contributed by atoms with Crippen LogP contribution in [0.25, 0.3) is 0 Å². The molecule has 0 aromatic heterocycles. The van der Waals surface area contributed by atoms with Crippen molar-refractivity contribution in [1.29, 1.82) is 0 Å². The molecule has 0 radical (unpaired) electrons. The zero-order chi connectivity index (χ0) is 14.0. The maximum Gasteiger partial charge on any atom is 0.130 e. The summed E-state index contributed by atoms with van der Waals surface area (Å²) >= 11 is 3.14. The van der Waals surface area contributed by atoms with Gasteiger partial charge < -0.3 is 5.73 Å². The van der Waals surface area contributed by atoms with Crippen LogP contribution in [0, 0.1) is 17.5 Å².